The maximum atomic E-state index is 12.1. The molecule has 0 saturated heterocycles. The molecule has 1 aromatic carbocycles. The lowest BCUT2D eigenvalue weighted by atomic mass is 10.0. The van der Waals surface area contributed by atoms with Gasteiger partial charge in [0.05, 0.1) is 22.8 Å². The number of amides is 1. The summed E-state index contributed by atoms with van der Waals surface area (Å²) in [6, 6.07) is 7.04. The fraction of sp³-hybridized carbons (Fsp3) is 0.333. The lowest BCUT2D eigenvalue weighted by molar-refractivity contribution is -0.141. The number of nitrogens with one attached hydrogen (secondary N) is 1. The van der Waals surface area contributed by atoms with Gasteiger partial charge in [-0.25, -0.2) is 4.68 Å². The molecule has 1 amide bonds. The Kier molecular flexibility index (Phi) is 5.70. The highest BCUT2D eigenvalue weighted by atomic mass is 35.5. The molecule has 0 radical (unpaired) electrons. The van der Waals surface area contributed by atoms with Gasteiger partial charge in [0.1, 0.15) is 0 Å². The third kappa shape index (κ3) is 4.29. The molecule has 1 unspecified atom stereocenters. The molecule has 2 N–H and O–H groups in total. The molecule has 2 rings (SSSR count). The van der Waals surface area contributed by atoms with E-state index in [2.05, 4.69) is 15.6 Å². The maximum absolute atomic E-state index is 12.1. The molecule has 0 spiro atoms. The first kappa shape index (κ1) is 17.0. The third-order valence-corrected chi connectivity index (χ3v) is 3.64. The first-order chi connectivity index (χ1) is 11.0. The van der Waals surface area contributed by atoms with Crippen molar-refractivity contribution < 1.29 is 14.7 Å². The maximum Gasteiger partial charge on any atom is 0.308 e. The molecule has 0 aliphatic rings. The molecule has 1 aromatic heterocycles. The number of rotatable bonds is 7. The van der Waals surface area contributed by atoms with Crippen LogP contribution in [0, 0.1) is 5.92 Å². The van der Waals surface area contributed by atoms with Gasteiger partial charge in [-0.3, -0.25) is 9.59 Å². The summed E-state index contributed by atoms with van der Waals surface area (Å²) in [4.78, 5) is 23.1. The Balaban J connectivity index is 2.04. The second-order valence-corrected chi connectivity index (χ2v) is 5.44. The average molecular weight is 337 g/mol. The van der Waals surface area contributed by atoms with Crippen LogP contribution in [0.2, 0.25) is 5.02 Å². The number of halogens is 1. The van der Waals surface area contributed by atoms with E-state index in [4.69, 9.17) is 16.7 Å². The first-order valence-electron chi connectivity index (χ1n) is 7.21. The van der Waals surface area contributed by atoms with Crippen LogP contribution in [0.5, 0.6) is 0 Å². The molecular formula is C15H17ClN4O3. The van der Waals surface area contributed by atoms with Crippen LogP contribution < -0.4 is 5.32 Å². The zero-order chi connectivity index (χ0) is 16.8. The van der Waals surface area contributed by atoms with E-state index in [9.17, 15) is 9.59 Å². The lowest BCUT2D eigenvalue weighted by Crippen LogP contribution is -2.33. The number of hydrogen-bond acceptors (Lipinski definition) is 4. The van der Waals surface area contributed by atoms with E-state index in [1.807, 2.05) is 6.92 Å². The molecule has 8 heteroatoms. The van der Waals surface area contributed by atoms with E-state index in [1.165, 1.54) is 10.9 Å². The molecule has 0 bridgehead atoms. The topological polar surface area (TPSA) is 97.1 Å². The van der Waals surface area contributed by atoms with Crippen molar-refractivity contribution in [3.05, 3.63) is 41.2 Å². The highest BCUT2D eigenvalue weighted by Gasteiger charge is 2.19. The van der Waals surface area contributed by atoms with Gasteiger partial charge < -0.3 is 10.4 Å². The Hall–Kier alpha value is -2.41. The SMILES string of the molecule is CCCC(CNC(=O)c1cn(-c2ccccc2Cl)nn1)C(=O)O. The third-order valence-electron chi connectivity index (χ3n) is 3.32. The molecule has 23 heavy (non-hydrogen) atoms. The molecule has 122 valence electrons. The minimum Gasteiger partial charge on any atom is -0.481 e. The van der Waals surface area contributed by atoms with Gasteiger partial charge in [-0.15, -0.1) is 5.10 Å². The summed E-state index contributed by atoms with van der Waals surface area (Å²) in [6.07, 6.45) is 2.68. The van der Waals surface area contributed by atoms with Crippen LogP contribution in [0.4, 0.5) is 0 Å². The Bertz CT molecular complexity index is 702. The number of carboxylic acid groups (broad SMARTS) is 1. The molecule has 0 aliphatic heterocycles. The Morgan fingerprint density at radius 1 is 1.39 bits per heavy atom. The summed E-state index contributed by atoms with van der Waals surface area (Å²) in [5.74, 6) is -2.00. The predicted octanol–water partition coefficient (Wildman–Crippen LogP) is 2.15. The fourth-order valence-corrected chi connectivity index (χ4v) is 2.31. The minimum absolute atomic E-state index is 0.0565. The summed E-state index contributed by atoms with van der Waals surface area (Å²) < 4.78 is 1.40. The van der Waals surface area contributed by atoms with Crippen molar-refractivity contribution in [3.63, 3.8) is 0 Å². The van der Waals surface area contributed by atoms with E-state index < -0.39 is 17.8 Å². The van der Waals surface area contributed by atoms with Crippen LogP contribution in [0.15, 0.2) is 30.5 Å². The smallest absolute Gasteiger partial charge is 0.308 e. The van der Waals surface area contributed by atoms with Crippen molar-refractivity contribution >= 4 is 23.5 Å². The number of carbonyl (C=O) groups is 2. The standard InChI is InChI=1S/C15H17ClN4O3/c1-2-5-10(15(22)23)8-17-14(21)12-9-20(19-18-12)13-7-4-3-6-11(13)16/h3-4,6-7,9-10H,2,5,8H2,1H3,(H,17,21)(H,22,23). The summed E-state index contributed by atoms with van der Waals surface area (Å²) in [6.45, 7) is 1.95. The number of carbonyl (C=O) groups excluding carboxylic acids is 1. The average Bonchev–Trinajstić information content (AvgIpc) is 3.01. The zero-order valence-corrected chi connectivity index (χ0v) is 13.3. The summed E-state index contributed by atoms with van der Waals surface area (Å²) in [5, 5.41) is 19.8. The van der Waals surface area contributed by atoms with Crippen molar-refractivity contribution in [1.82, 2.24) is 20.3 Å². The number of nitrogens with zero attached hydrogens (tertiary/aromatic N) is 3. The van der Waals surface area contributed by atoms with E-state index in [0.29, 0.717) is 17.1 Å². The monoisotopic (exact) mass is 336 g/mol. The van der Waals surface area contributed by atoms with Gasteiger partial charge in [-0.05, 0) is 18.6 Å². The molecule has 2 aromatic rings. The molecule has 0 aliphatic carbocycles. The van der Waals surface area contributed by atoms with Crippen molar-refractivity contribution in [3.8, 4) is 5.69 Å². The number of para-hydroxylation sites is 1. The normalized spacial score (nSPS) is 11.9. The summed E-state index contributed by atoms with van der Waals surface area (Å²) in [7, 11) is 0. The van der Waals surface area contributed by atoms with Crippen LogP contribution in [0.1, 0.15) is 30.3 Å². The van der Waals surface area contributed by atoms with Crippen molar-refractivity contribution in [2.45, 2.75) is 19.8 Å². The Labute approximate surface area is 138 Å². The molecule has 1 heterocycles. The van der Waals surface area contributed by atoms with Crippen molar-refractivity contribution in [1.29, 1.82) is 0 Å². The van der Waals surface area contributed by atoms with E-state index in [0.717, 1.165) is 6.42 Å². The largest absolute Gasteiger partial charge is 0.481 e. The highest BCUT2D eigenvalue weighted by Crippen LogP contribution is 2.18. The van der Waals surface area contributed by atoms with Crippen LogP contribution in [0.3, 0.4) is 0 Å². The van der Waals surface area contributed by atoms with Gasteiger partial charge in [0.2, 0.25) is 0 Å². The van der Waals surface area contributed by atoms with Gasteiger partial charge in [-0.1, -0.05) is 42.3 Å². The number of aliphatic carboxylic acids is 1. The number of benzene rings is 1. The fourth-order valence-electron chi connectivity index (χ4n) is 2.09. The lowest BCUT2D eigenvalue weighted by Gasteiger charge is -2.11. The van der Waals surface area contributed by atoms with Crippen LogP contribution in [-0.2, 0) is 4.79 Å². The van der Waals surface area contributed by atoms with Gasteiger partial charge in [-0.2, -0.15) is 0 Å². The number of aromatic nitrogens is 3. The minimum atomic E-state index is -0.924. The van der Waals surface area contributed by atoms with Crippen molar-refractivity contribution in [2.24, 2.45) is 5.92 Å². The summed E-state index contributed by atoms with van der Waals surface area (Å²) in [5.41, 5.74) is 0.709. The van der Waals surface area contributed by atoms with E-state index in [-0.39, 0.29) is 12.2 Å². The van der Waals surface area contributed by atoms with Gasteiger partial charge in [0.25, 0.3) is 5.91 Å². The second kappa shape index (κ2) is 7.73. The van der Waals surface area contributed by atoms with Crippen LogP contribution >= 0.6 is 11.6 Å². The molecule has 1 atom stereocenters. The number of carboxylic acids is 1. The second-order valence-electron chi connectivity index (χ2n) is 5.03. The van der Waals surface area contributed by atoms with E-state index in [1.54, 1.807) is 24.3 Å². The zero-order valence-electron chi connectivity index (χ0n) is 12.6. The van der Waals surface area contributed by atoms with Gasteiger partial charge in [0.15, 0.2) is 5.69 Å². The molecular weight excluding hydrogens is 320 g/mol. The van der Waals surface area contributed by atoms with Crippen molar-refractivity contribution in [2.75, 3.05) is 6.54 Å². The van der Waals surface area contributed by atoms with Crippen LogP contribution in [-0.4, -0.2) is 38.5 Å². The Morgan fingerprint density at radius 3 is 2.78 bits per heavy atom. The quantitative estimate of drug-likeness (QED) is 0.807. The molecule has 0 fully saturated rings. The van der Waals surface area contributed by atoms with Gasteiger partial charge in [0, 0.05) is 6.54 Å². The number of hydrogen-bond donors (Lipinski definition) is 2. The predicted molar refractivity (Wildman–Crippen MR) is 84.7 cm³/mol. The molecule has 7 nitrogen and oxygen atoms in total. The Morgan fingerprint density at radius 2 is 2.13 bits per heavy atom. The van der Waals surface area contributed by atoms with E-state index >= 15 is 0 Å². The molecule has 0 saturated carbocycles. The highest BCUT2D eigenvalue weighted by molar-refractivity contribution is 6.32. The van der Waals surface area contributed by atoms with Gasteiger partial charge >= 0.3 is 5.97 Å². The van der Waals surface area contributed by atoms with Crippen LogP contribution in [0.25, 0.3) is 5.69 Å². The first-order valence-corrected chi connectivity index (χ1v) is 7.59. The summed E-state index contributed by atoms with van der Waals surface area (Å²) >= 11 is 6.07.